The van der Waals surface area contributed by atoms with Gasteiger partial charge in [0.1, 0.15) is 0 Å². The van der Waals surface area contributed by atoms with Crippen molar-refractivity contribution in [3.05, 3.63) is 12.2 Å². The average Bonchev–Trinajstić information content (AvgIpc) is 2.80. The van der Waals surface area contributed by atoms with Gasteiger partial charge in [-0.25, -0.2) is 0 Å². The van der Waals surface area contributed by atoms with E-state index in [1.807, 2.05) is 6.08 Å². The molecule has 0 heterocycles. The first-order valence-corrected chi connectivity index (χ1v) is 8.75. The minimum absolute atomic E-state index is 0.276. The Morgan fingerprint density at radius 1 is 1.05 bits per heavy atom. The second-order valence-electron chi connectivity index (χ2n) is 8.61. The quantitative estimate of drug-likeness (QED) is 0.621. The van der Waals surface area contributed by atoms with Crippen LogP contribution in [0, 0.1) is 34.5 Å². The Morgan fingerprint density at radius 3 is 2.75 bits per heavy atom. The van der Waals surface area contributed by atoms with E-state index in [9.17, 15) is 4.79 Å². The number of ketones is 1. The van der Waals surface area contributed by atoms with Crippen LogP contribution in [0.1, 0.15) is 65.2 Å². The van der Waals surface area contributed by atoms with Crippen LogP contribution in [0.15, 0.2) is 12.2 Å². The fourth-order valence-corrected chi connectivity index (χ4v) is 6.76. The molecular weight excluding hydrogens is 244 g/mol. The number of rotatable bonds is 0. The minimum atomic E-state index is 0.276. The molecule has 110 valence electrons. The molecule has 0 N–H and O–H groups in total. The molecule has 0 aromatic heterocycles. The van der Waals surface area contributed by atoms with E-state index >= 15 is 0 Å². The summed E-state index contributed by atoms with van der Waals surface area (Å²) in [6.45, 7) is 4.99. The Labute approximate surface area is 123 Å². The van der Waals surface area contributed by atoms with Gasteiger partial charge in [-0.05, 0) is 79.6 Å². The number of hydrogen-bond acceptors (Lipinski definition) is 1. The van der Waals surface area contributed by atoms with Crippen molar-refractivity contribution in [2.24, 2.45) is 34.5 Å². The molecule has 0 saturated heterocycles. The number of fused-ring (bicyclic) bond motifs is 5. The number of carbonyl (C=O) groups excluding carboxylic acids is 1. The minimum Gasteiger partial charge on any atom is -0.295 e. The van der Waals surface area contributed by atoms with Crippen molar-refractivity contribution in [2.45, 2.75) is 65.2 Å². The third-order valence-corrected chi connectivity index (χ3v) is 7.83. The maximum absolute atomic E-state index is 12.3. The van der Waals surface area contributed by atoms with E-state index < -0.39 is 0 Å². The highest BCUT2D eigenvalue weighted by Crippen LogP contribution is 2.65. The summed E-state index contributed by atoms with van der Waals surface area (Å²) in [5, 5.41) is 0. The fraction of sp³-hybridized carbons (Fsp3) is 0.842. The molecule has 0 aromatic carbocycles. The first-order valence-electron chi connectivity index (χ1n) is 8.75. The molecule has 0 unspecified atom stereocenters. The van der Waals surface area contributed by atoms with Crippen molar-refractivity contribution in [1.29, 1.82) is 0 Å². The summed E-state index contributed by atoms with van der Waals surface area (Å²) in [4.78, 5) is 12.3. The predicted molar refractivity (Wildman–Crippen MR) is 81.3 cm³/mol. The van der Waals surface area contributed by atoms with Crippen molar-refractivity contribution in [1.82, 2.24) is 0 Å². The third-order valence-electron chi connectivity index (χ3n) is 7.83. The highest BCUT2D eigenvalue weighted by molar-refractivity contribution is 5.93. The van der Waals surface area contributed by atoms with Crippen molar-refractivity contribution < 1.29 is 4.79 Å². The van der Waals surface area contributed by atoms with Gasteiger partial charge in [0, 0.05) is 5.92 Å². The Morgan fingerprint density at radius 2 is 1.90 bits per heavy atom. The molecule has 3 saturated carbocycles. The van der Waals surface area contributed by atoms with E-state index in [1.54, 1.807) is 0 Å². The Balaban J connectivity index is 1.69. The highest BCUT2D eigenvalue weighted by Gasteiger charge is 2.58. The Kier molecular flexibility index (Phi) is 2.76. The highest BCUT2D eigenvalue weighted by atomic mass is 16.1. The zero-order valence-corrected chi connectivity index (χ0v) is 13.0. The lowest BCUT2D eigenvalue weighted by molar-refractivity contribution is -0.136. The van der Waals surface area contributed by atoms with Gasteiger partial charge >= 0.3 is 0 Å². The van der Waals surface area contributed by atoms with Crippen molar-refractivity contribution in [3.63, 3.8) is 0 Å². The molecule has 0 aromatic rings. The van der Waals surface area contributed by atoms with E-state index in [1.165, 1.54) is 38.5 Å². The fourth-order valence-electron chi connectivity index (χ4n) is 6.76. The number of allylic oxidation sites excluding steroid dienone is 2. The van der Waals surface area contributed by atoms with Crippen LogP contribution in [0.4, 0.5) is 0 Å². The van der Waals surface area contributed by atoms with Crippen LogP contribution < -0.4 is 0 Å². The van der Waals surface area contributed by atoms with Crippen LogP contribution in [0.5, 0.6) is 0 Å². The van der Waals surface area contributed by atoms with Crippen LogP contribution in [-0.4, -0.2) is 5.78 Å². The molecule has 4 aliphatic carbocycles. The van der Waals surface area contributed by atoms with Crippen molar-refractivity contribution >= 4 is 5.78 Å². The second-order valence-corrected chi connectivity index (χ2v) is 8.61. The summed E-state index contributed by atoms with van der Waals surface area (Å²) < 4.78 is 0. The summed E-state index contributed by atoms with van der Waals surface area (Å²) in [6, 6.07) is 0. The van der Waals surface area contributed by atoms with Crippen LogP contribution in [0.3, 0.4) is 0 Å². The van der Waals surface area contributed by atoms with Gasteiger partial charge in [0.15, 0.2) is 5.78 Å². The molecule has 0 bridgehead atoms. The first kappa shape index (κ1) is 13.1. The van der Waals surface area contributed by atoms with Gasteiger partial charge in [0.25, 0.3) is 0 Å². The summed E-state index contributed by atoms with van der Waals surface area (Å²) in [5.41, 5.74) is 0.914. The van der Waals surface area contributed by atoms with Gasteiger partial charge in [-0.1, -0.05) is 26.3 Å². The molecule has 1 heteroatoms. The zero-order valence-electron chi connectivity index (χ0n) is 13.0. The summed E-state index contributed by atoms with van der Waals surface area (Å²) in [7, 11) is 0. The lowest BCUT2D eigenvalue weighted by Crippen LogP contribution is -2.53. The first-order chi connectivity index (χ1) is 9.55. The van der Waals surface area contributed by atoms with Gasteiger partial charge in [-0.2, -0.15) is 0 Å². The maximum atomic E-state index is 12.3. The standard InChI is InChI=1S/C19H28O/c1-18-10-3-5-14(18)13-7-8-16-17(20)6-4-11-19(16,2)15(13)9-12-18/h4,6,13-16H,3,5,7-12H2,1-2H3/t13-,14-,15-,16-,18-,19+/m0/s1. The molecule has 3 fully saturated rings. The van der Waals surface area contributed by atoms with E-state index in [0.29, 0.717) is 17.1 Å². The lowest BCUT2D eigenvalue weighted by Gasteiger charge is -2.58. The molecule has 0 spiro atoms. The van der Waals surface area contributed by atoms with E-state index in [0.717, 1.165) is 30.6 Å². The molecule has 0 radical (unpaired) electrons. The summed E-state index contributed by atoms with van der Waals surface area (Å²) in [6.07, 6.45) is 14.8. The van der Waals surface area contributed by atoms with E-state index in [-0.39, 0.29) is 5.41 Å². The van der Waals surface area contributed by atoms with Crippen LogP contribution in [-0.2, 0) is 4.79 Å². The van der Waals surface area contributed by atoms with Crippen LogP contribution >= 0.6 is 0 Å². The third kappa shape index (κ3) is 1.58. The monoisotopic (exact) mass is 272 g/mol. The van der Waals surface area contributed by atoms with Crippen molar-refractivity contribution in [2.75, 3.05) is 0 Å². The molecule has 6 atom stereocenters. The molecule has 4 aliphatic rings. The van der Waals surface area contributed by atoms with Gasteiger partial charge in [-0.15, -0.1) is 0 Å². The van der Waals surface area contributed by atoms with E-state index in [4.69, 9.17) is 0 Å². The molecule has 4 rings (SSSR count). The molecule has 20 heavy (non-hydrogen) atoms. The van der Waals surface area contributed by atoms with Gasteiger partial charge in [-0.3, -0.25) is 4.79 Å². The maximum Gasteiger partial charge on any atom is 0.159 e. The summed E-state index contributed by atoms with van der Waals surface area (Å²) in [5.74, 6) is 3.44. The second kappa shape index (κ2) is 4.21. The normalized spacial score (nSPS) is 54.2. The van der Waals surface area contributed by atoms with Gasteiger partial charge < -0.3 is 0 Å². The Bertz CT molecular complexity index is 464. The number of carbonyl (C=O) groups is 1. The summed E-state index contributed by atoms with van der Waals surface area (Å²) >= 11 is 0. The van der Waals surface area contributed by atoms with Crippen LogP contribution in [0.2, 0.25) is 0 Å². The smallest absolute Gasteiger partial charge is 0.159 e. The van der Waals surface area contributed by atoms with Gasteiger partial charge in [0.05, 0.1) is 0 Å². The largest absolute Gasteiger partial charge is 0.295 e. The zero-order chi connectivity index (χ0) is 14.0. The van der Waals surface area contributed by atoms with E-state index in [2.05, 4.69) is 19.9 Å². The molecular formula is C19H28O. The SMILES string of the molecule is C[C@@]12CCC[C@H]1[C@@H]1CC[C@H]3C(=O)C=CC[C@]3(C)[C@H]1CC2. The predicted octanol–water partition coefficient (Wildman–Crippen LogP) is 4.76. The molecule has 1 nitrogen and oxygen atoms in total. The molecule has 0 amide bonds. The number of hydrogen-bond donors (Lipinski definition) is 0. The molecule has 0 aliphatic heterocycles. The Hall–Kier alpha value is -0.590. The van der Waals surface area contributed by atoms with Gasteiger partial charge in [0.2, 0.25) is 0 Å². The topological polar surface area (TPSA) is 17.1 Å². The van der Waals surface area contributed by atoms with Crippen LogP contribution in [0.25, 0.3) is 0 Å². The average molecular weight is 272 g/mol. The van der Waals surface area contributed by atoms with Crippen molar-refractivity contribution in [3.8, 4) is 0 Å². The lowest BCUT2D eigenvalue weighted by atomic mass is 9.46.